The molecular formula is C22H38O4. The van der Waals surface area contributed by atoms with Crippen molar-refractivity contribution in [1.29, 1.82) is 0 Å². The molecule has 26 heavy (non-hydrogen) atoms. The normalized spacial score (nSPS) is 11.4. The topological polar surface area (TPSA) is 63.6 Å². The smallest absolute Gasteiger partial charge is 0.305 e. The molecule has 1 N–H and O–H groups in total. The molecule has 0 unspecified atom stereocenters. The highest BCUT2D eigenvalue weighted by Gasteiger charge is 2.03. The van der Waals surface area contributed by atoms with Crippen molar-refractivity contribution in [3.05, 3.63) is 24.3 Å². The molecule has 0 rings (SSSR count). The van der Waals surface area contributed by atoms with Crippen LogP contribution in [0, 0.1) is 0 Å². The van der Waals surface area contributed by atoms with Crippen LogP contribution in [0.5, 0.6) is 0 Å². The van der Waals surface area contributed by atoms with Crippen LogP contribution in [-0.4, -0.2) is 23.7 Å². The molecule has 0 heterocycles. The fourth-order valence-corrected chi connectivity index (χ4v) is 2.58. The van der Waals surface area contributed by atoms with Gasteiger partial charge in [-0.1, -0.05) is 69.8 Å². The molecule has 0 fully saturated rings. The van der Waals surface area contributed by atoms with E-state index in [1.807, 2.05) is 6.08 Å². The van der Waals surface area contributed by atoms with Crippen LogP contribution in [0.4, 0.5) is 0 Å². The van der Waals surface area contributed by atoms with Crippen molar-refractivity contribution < 1.29 is 19.4 Å². The average molecular weight is 367 g/mol. The van der Waals surface area contributed by atoms with Crippen molar-refractivity contribution >= 4 is 11.9 Å². The maximum atomic E-state index is 11.4. The summed E-state index contributed by atoms with van der Waals surface area (Å²) in [7, 11) is 0. The fourth-order valence-electron chi connectivity index (χ4n) is 2.58. The minimum atomic E-state index is -0.819. The molecule has 0 aromatic carbocycles. The molecule has 0 bridgehead atoms. The van der Waals surface area contributed by atoms with Gasteiger partial charge in [0.2, 0.25) is 0 Å². The lowest BCUT2D eigenvalue weighted by Gasteiger charge is -2.02. The number of ether oxygens (including phenoxy) is 1. The van der Waals surface area contributed by atoms with Gasteiger partial charge in [0.25, 0.3) is 0 Å². The fraction of sp³-hybridized carbons (Fsp3) is 0.727. The van der Waals surface area contributed by atoms with Crippen LogP contribution in [0.1, 0.15) is 96.8 Å². The largest absolute Gasteiger partial charge is 0.481 e. The SMILES string of the molecule is CCCCCCCCC/C=C\C/C=C\CCOC(=O)CCCCC(=O)O. The van der Waals surface area contributed by atoms with Crippen LogP contribution < -0.4 is 0 Å². The van der Waals surface area contributed by atoms with Crippen molar-refractivity contribution in [3.63, 3.8) is 0 Å². The molecule has 0 spiro atoms. The third kappa shape index (κ3) is 20.5. The molecule has 0 aliphatic rings. The molecule has 0 atom stereocenters. The van der Waals surface area contributed by atoms with Gasteiger partial charge in [0, 0.05) is 12.8 Å². The Bertz CT molecular complexity index is 399. The van der Waals surface area contributed by atoms with Gasteiger partial charge in [0.05, 0.1) is 6.61 Å². The maximum absolute atomic E-state index is 11.4. The summed E-state index contributed by atoms with van der Waals surface area (Å²) in [4.78, 5) is 21.8. The number of hydrogen-bond acceptors (Lipinski definition) is 3. The summed E-state index contributed by atoms with van der Waals surface area (Å²) >= 11 is 0. The number of carboxylic acids is 1. The number of carbonyl (C=O) groups excluding carboxylic acids is 1. The zero-order valence-electron chi connectivity index (χ0n) is 16.6. The maximum Gasteiger partial charge on any atom is 0.305 e. The average Bonchev–Trinajstić information content (AvgIpc) is 2.62. The number of unbranched alkanes of at least 4 members (excludes halogenated alkanes) is 8. The Morgan fingerprint density at radius 2 is 1.38 bits per heavy atom. The summed E-state index contributed by atoms with van der Waals surface area (Å²) in [6, 6.07) is 0. The van der Waals surface area contributed by atoms with Crippen LogP contribution in [0.15, 0.2) is 24.3 Å². The summed E-state index contributed by atoms with van der Waals surface area (Å²) in [6.45, 7) is 2.65. The van der Waals surface area contributed by atoms with Gasteiger partial charge in [-0.15, -0.1) is 0 Å². The molecule has 0 saturated carbocycles. The number of rotatable bonds is 18. The van der Waals surface area contributed by atoms with E-state index in [4.69, 9.17) is 9.84 Å². The molecule has 0 saturated heterocycles. The van der Waals surface area contributed by atoms with Crippen LogP contribution in [0.25, 0.3) is 0 Å². The van der Waals surface area contributed by atoms with Gasteiger partial charge in [-0.3, -0.25) is 9.59 Å². The van der Waals surface area contributed by atoms with Crippen molar-refractivity contribution in [1.82, 2.24) is 0 Å². The lowest BCUT2D eigenvalue weighted by Crippen LogP contribution is -2.05. The quantitative estimate of drug-likeness (QED) is 0.178. The predicted octanol–water partition coefficient (Wildman–Crippen LogP) is 6.21. The monoisotopic (exact) mass is 366 g/mol. The first kappa shape index (κ1) is 24.4. The summed E-state index contributed by atoms with van der Waals surface area (Å²) in [5.41, 5.74) is 0. The molecule has 0 radical (unpaired) electrons. The molecule has 0 aliphatic carbocycles. The highest BCUT2D eigenvalue weighted by atomic mass is 16.5. The summed E-state index contributed by atoms with van der Waals surface area (Å²) in [5.74, 6) is -1.06. The zero-order valence-corrected chi connectivity index (χ0v) is 16.6. The Balaban J connectivity index is 3.34. The number of allylic oxidation sites excluding steroid dienone is 3. The number of carbonyl (C=O) groups is 2. The number of esters is 1. The van der Waals surface area contributed by atoms with E-state index in [0.717, 1.165) is 12.8 Å². The molecule has 150 valence electrons. The first-order valence-electron chi connectivity index (χ1n) is 10.3. The first-order chi connectivity index (χ1) is 12.7. The van der Waals surface area contributed by atoms with Crippen molar-refractivity contribution in [2.24, 2.45) is 0 Å². The van der Waals surface area contributed by atoms with Gasteiger partial charge in [-0.2, -0.15) is 0 Å². The Labute approximate surface area is 159 Å². The highest BCUT2D eigenvalue weighted by Crippen LogP contribution is 2.08. The van der Waals surface area contributed by atoms with E-state index in [1.165, 1.54) is 51.4 Å². The second-order valence-corrected chi connectivity index (χ2v) is 6.70. The molecule has 0 aliphatic heterocycles. The predicted molar refractivity (Wildman–Crippen MR) is 107 cm³/mol. The number of carboxylic acid groups (broad SMARTS) is 1. The minimum Gasteiger partial charge on any atom is -0.481 e. The minimum absolute atomic E-state index is 0.114. The van der Waals surface area contributed by atoms with E-state index in [-0.39, 0.29) is 12.4 Å². The molecule has 0 aromatic rings. The van der Waals surface area contributed by atoms with Crippen molar-refractivity contribution in [3.8, 4) is 0 Å². The molecule has 4 nitrogen and oxygen atoms in total. The Kier molecular flexibility index (Phi) is 18.5. The Morgan fingerprint density at radius 3 is 2.08 bits per heavy atom. The van der Waals surface area contributed by atoms with E-state index in [2.05, 4.69) is 25.2 Å². The number of hydrogen-bond donors (Lipinski definition) is 1. The van der Waals surface area contributed by atoms with E-state index < -0.39 is 5.97 Å². The van der Waals surface area contributed by atoms with Gasteiger partial charge in [0.15, 0.2) is 0 Å². The van der Waals surface area contributed by atoms with Crippen LogP contribution in [0.3, 0.4) is 0 Å². The Morgan fingerprint density at radius 1 is 0.769 bits per heavy atom. The van der Waals surface area contributed by atoms with Gasteiger partial charge in [-0.05, 0) is 38.5 Å². The third-order valence-corrected chi connectivity index (χ3v) is 4.15. The lowest BCUT2D eigenvalue weighted by molar-refractivity contribution is -0.144. The molecular weight excluding hydrogens is 328 g/mol. The van der Waals surface area contributed by atoms with Crippen LogP contribution >= 0.6 is 0 Å². The van der Waals surface area contributed by atoms with E-state index in [1.54, 1.807) is 0 Å². The molecule has 0 aromatic heterocycles. The first-order valence-corrected chi connectivity index (χ1v) is 10.3. The summed E-state index contributed by atoms with van der Waals surface area (Å²) in [6.07, 6.45) is 22.4. The van der Waals surface area contributed by atoms with Crippen molar-refractivity contribution in [2.75, 3.05) is 6.61 Å². The van der Waals surface area contributed by atoms with Crippen LogP contribution in [-0.2, 0) is 14.3 Å². The van der Waals surface area contributed by atoms with Gasteiger partial charge in [-0.25, -0.2) is 0 Å². The van der Waals surface area contributed by atoms with E-state index >= 15 is 0 Å². The molecule has 4 heteroatoms. The van der Waals surface area contributed by atoms with Crippen molar-refractivity contribution in [2.45, 2.75) is 96.8 Å². The second kappa shape index (κ2) is 19.7. The van der Waals surface area contributed by atoms with E-state index in [9.17, 15) is 9.59 Å². The van der Waals surface area contributed by atoms with Gasteiger partial charge >= 0.3 is 11.9 Å². The summed E-state index contributed by atoms with van der Waals surface area (Å²) < 4.78 is 5.10. The lowest BCUT2D eigenvalue weighted by atomic mass is 10.1. The van der Waals surface area contributed by atoms with Gasteiger partial charge in [0.1, 0.15) is 0 Å². The summed E-state index contributed by atoms with van der Waals surface area (Å²) in [5, 5.41) is 8.50. The highest BCUT2D eigenvalue weighted by molar-refractivity contribution is 5.69. The Hall–Kier alpha value is -1.58. The van der Waals surface area contributed by atoms with Crippen LogP contribution in [0.2, 0.25) is 0 Å². The number of aliphatic carboxylic acids is 1. The van der Waals surface area contributed by atoms with E-state index in [0.29, 0.717) is 25.9 Å². The third-order valence-electron chi connectivity index (χ3n) is 4.15. The zero-order chi connectivity index (χ0) is 19.3. The second-order valence-electron chi connectivity index (χ2n) is 6.70. The molecule has 0 amide bonds. The van der Waals surface area contributed by atoms with Gasteiger partial charge < -0.3 is 9.84 Å². The standard InChI is InChI=1S/C22H38O4/c1-2-3-4-5-6-7-8-9-10-11-12-13-14-17-20-26-22(25)19-16-15-18-21(23)24/h10-11,13-14H,2-9,12,15-20H2,1H3,(H,23,24)/b11-10-,14-13-.